The van der Waals surface area contributed by atoms with Crippen LogP contribution in [-0.2, 0) is 24.1 Å². The third kappa shape index (κ3) is 6.94. The second-order valence-corrected chi connectivity index (χ2v) is 11.7. The molecule has 4 heterocycles. The van der Waals surface area contributed by atoms with E-state index in [4.69, 9.17) is 9.73 Å². The minimum absolute atomic E-state index is 0.0386. The Balaban J connectivity index is 0.959. The van der Waals surface area contributed by atoms with E-state index in [1.54, 1.807) is 7.11 Å². The van der Waals surface area contributed by atoms with Crippen LogP contribution in [0.1, 0.15) is 36.0 Å². The summed E-state index contributed by atoms with van der Waals surface area (Å²) in [6.07, 6.45) is 4.90. The van der Waals surface area contributed by atoms with Gasteiger partial charge in [0.25, 0.3) is 5.91 Å². The first kappa shape index (κ1) is 29.4. The van der Waals surface area contributed by atoms with Gasteiger partial charge < -0.3 is 15.0 Å². The number of piperazine rings is 1. The fourth-order valence-corrected chi connectivity index (χ4v) is 6.35. The molecule has 1 amide bonds. The van der Waals surface area contributed by atoms with Crippen molar-refractivity contribution >= 4 is 11.7 Å². The minimum atomic E-state index is -4.33. The van der Waals surface area contributed by atoms with Crippen LogP contribution in [0.2, 0.25) is 0 Å². The Morgan fingerprint density at radius 3 is 2.26 bits per heavy atom. The zero-order valence-corrected chi connectivity index (χ0v) is 24.3. The number of methoxy groups -OCH3 is 1. The molecular weight excluding hydrogens is 557 g/mol. The topological polar surface area (TPSA) is 73.3 Å². The van der Waals surface area contributed by atoms with Crippen molar-refractivity contribution in [2.24, 2.45) is 10.9 Å². The van der Waals surface area contributed by atoms with Crippen LogP contribution in [0.25, 0.3) is 0 Å². The molecule has 8 nitrogen and oxygen atoms in total. The molecular formula is C32H37F3N6O2. The molecule has 3 aliphatic heterocycles. The van der Waals surface area contributed by atoms with Crippen LogP contribution < -0.4 is 10.1 Å². The van der Waals surface area contributed by atoms with Gasteiger partial charge in [0.15, 0.2) is 5.84 Å². The summed E-state index contributed by atoms with van der Waals surface area (Å²) in [6, 6.07) is 9.24. The second kappa shape index (κ2) is 12.5. The lowest BCUT2D eigenvalue weighted by atomic mass is 9.83. The highest BCUT2D eigenvalue weighted by Gasteiger charge is 2.35. The normalized spacial score (nSPS) is 21.9. The van der Waals surface area contributed by atoms with E-state index in [1.165, 1.54) is 23.3 Å². The van der Waals surface area contributed by atoms with E-state index < -0.39 is 11.7 Å². The number of aliphatic imine (C=N–C) groups is 1. The monoisotopic (exact) mass is 594 g/mol. The predicted octanol–water partition coefficient (Wildman–Crippen LogP) is 4.25. The lowest BCUT2D eigenvalue weighted by Gasteiger charge is -2.34. The second-order valence-electron chi connectivity index (χ2n) is 11.7. The number of halogens is 3. The average Bonchev–Trinajstić information content (AvgIpc) is 3.45. The number of nitrogens with zero attached hydrogens (tertiary/aromatic N) is 5. The molecule has 0 spiro atoms. The molecule has 11 heteroatoms. The number of ether oxygens (including phenoxy) is 1. The van der Waals surface area contributed by atoms with E-state index >= 15 is 0 Å². The maximum atomic E-state index is 13.3. The van der Waals surface area contributed by atoms with Crippen molar-refractivity contribution in [1.82, 2.24) is 25.0 Å². The van der Waals surface area contributed by atoms with E-state index in [0.717, 1.165) is 62.3 Å². The van der Waals surface area contributed by atoms with Gasteiger partial charge >= 0.3 is 6.18 Å². The molecule has 0 radical (unpaired) electrons. The first-order valence-electron chi connectivity index (χ1n) is 14.9. The molecule has 4 aliphatic rings. The summed E-state index contributed by atoms with van der Waals surface area (Å²) in [5, 5.41) is 3.27. The van der Waals surface area contributed by atoms with E-state index in [2.05, 4.69) is 38.3 Å². The summed E-state index contributed by atoms with van der Waals surface area (Å²) in [5.41, 5.74) is 3.77. The third-order valence-corrected chi connectivity index (χ3v) is 8.89. The Hall–Kier alpha value is -3.70. The van der Waals surface area contributed by atoms with E-state index in [0.29, 0.717) is 50.4 Å². The Bertz CT molecular complexity index is 1390. The summed E-state index contributed by atoms with van der Waals surface area (Å²) < 4.78 is 43.7. The lowest BCUT2D eigenvalue weighted by Crippen LogP contribution is -2.51. The third-order valence-electron chi connectivity index (χ3n) is 8.89. The summed E-state index contributed by atoms with van der Waals surface area (Å²) in [7, 11) is 1.62. The van der Waals surface area contributed by atoms with Crippen LogP contribution in [0, 0.1) is 5.92 Å². The Morgan fingerprint density at radius 2 is 1.60 bits per heavy atom. The van der Waals surface area contributed by atoms with Crippen molar-refractivity contribution in [3.63, 3.8) is 0 Å². The fraction of sp³-hybridized carbons (Fsp3) is 0.469. The Kier molecular flexibility index (Phi) is 8.54. The number of benzene rings is 1. The van der Waals surface area contributed by atoms with Gasteiger partial charge in [0, 0.05) is 57.2 Å². The van der Waals surface area contributed by atoms with Gasteiger partial charge in [0.1, 0.15) is 0 Å². The number of pyridine rings is 1. The predicted molar refractivity (Wildman–Crippen MR) is 157 cm³/mol. The number of fused-ring (bicyclic) bond motifs is 1. The maximum Gasteiger partial charge on any atom is 0.416 e. The van der Waals surface area contributed by atoms with Crippen molar-refractivity contribution in [3.8, 4) is 5.88 Å². The van der Waals surface area contributed by atoms with Crippen molar-refractivity contribution in [1.29, 1.82) is 0 Å². The summed E-state index contributed by atoms with van der Waals surface area (Å²) in [6.45, 7) is 5.93. The SMILES string of the molecule is COc1ccc(CN2CCC(C3=CC=C4NC(C(=O)N5CCN(Cc6ccc(C(F)(F)F)cc6)CC5)=NC4C3)CC2)cn1. The minimum Gasteiger partial charge on any atom is -0.481 e. The molecule has 2 fully saturated rings. The number of allylic oxidation sites excluding steroid dienone is 2. The summed E-state index contributed by atoms with van der Waals surface area (Å²) in [4.78, 5) is 28.9. The Morgan fingerprint density at radius 1 is 0.930 bits per heavy atom. The molecule has 1 aromatic carbocycles. The van der Waals surface area contributed by atoms with Gasteiger partial charge in [-0.3, -0.25) is 19.6 Å². The number of carbonyl (C=O) groups is 1. The standard InChI is InChI=1S/C32H37F3N6O2/c1-43-29-9-4-23(19-36-29)21-39-12-10-24(11-13-39)25-5-8-27-28(18-25)38-30(37-27)31(42)41-16-14-40(15-17-41)20-22-2-6-26(7-3-22)32(33,34)35/h2-9,19,24,28H,10-18,20-21H2,1H3,(H,37,38). The number of carbonyl (C=O) groups excluding carboxylic acids is 1. The molecule has 228 valence electrons. The van der Waals surface area contributed by atoms with Gasteiger partial charge in [-0.1, -0.05) is 29.8 Å². The summed E-state index contributed by atoms with van der Waals surface area (Å²) >= 11 is 0. The first-order valence-corrected chi connectivity index (χ1v) is 14.9. The zero-order valence-electron chi connectivity index (χ0n) is 24.3. The number of hydrogen-bond acceptors (Lipinski definition) is 7. The summed E-state index contributed by atoms with van der Waals surface area (Å²) in [5.74, 6) is 1.47. The highest BCUT2D eigenvalue weighted by Crippen LogP contribution is 2.34. The number of likely N-dealkylation sites (tertiary alicyclic amines) is 1. The van der Waals surface area contributed by atoms with Gasteiger partial charge in [-0.05, 0) is 67.6 Å². The Labute approximate surface area is 249 Å². The van der Waals surface area contributed by atoms with Crippen molar-refractivity contribution in [3.05, 3.63) is 82.7 Å². The zero-order chi connectivity index (χ0) is 30.0. The van der Waals surface area contributed by atoms with Crippen molar-refractivity contribution in [2.75, 3.05) is 46.4 Å². The number of hydrogen-bond donors (Lipinski definition) is 1. The molecule has 1 N–H and O–H groups in total. The smallest absolute Gasteiger partial charge is 0.416 e. The van der Waals surface area contributed by atoms with E-state index in [1.807, 2.05) is 17.2 Å². The molecule has 1 unspecified atom stereocenters. The number of alkyl halides is 3. The van der Waals surface area contributed by atoms with Crippen LogP contribution in [0.5, 0.6) is 5.88 Å². The van der Waals surface area contributed by atoms with Gasteiger partial charge in [-0.15, -0.1) is 0 Å². The van der Waals surface area contributed by atoms with E-state index in [-0.39, 0.29) is 11.9 Å². The highest BCUT2D eigenvalue weighted by atomic mass is 19.4. The van der Waals surface area contributed by atoms with Crippen molar-refractivity contribution < 1.29 is 22.7 Å². The number of piperidine rings is 1. The average molecular weight is 595 g/mol. The fourth-order valence-electron chi connectivity index (χ4n) is 6.35. The van der Waals surface area contributed by atoms with E-state index in [9.17, 15) is 18.0 Å². The number of amides is 1. The van der Waals surface area contributed by atoms with Gasteiger partial charge in [-0.25, -0.2) is 4.98 Å². The molecule has 0 saturated carbocycles. The number of nitrogens with one attached hydrogen (secondary N) is 1. The molecule has 43 heavy (non-hydrogen) atoms. The maximum absolute atomic E-state index is 13.3. The largest absolute Gasteiger partial charge is 0.481 e. The van der Waals surface area contributed by atoms with Gasteiger partial charge in [0.2, 0.25) is 5.88 Å². The van der Waals surface area contributed by atoms with Crippen LogP contribution in [0.4, 0.5) is 13.2 Å². The lowest BCUT2D eigenvalue weighted by molar-refractivity contribution is -0.137. The van der Waals surface area contributed by atoms with Gasteiger partial charge in [0.05, 0.1) is 18.7 Å². The van der Waals surface area contributed by atoms with Crippen LogP contribution in [0.15, 0.2) is 71.0 Å². The molecule has 6 rings (SSSR count). The number of rotatable bonds is 7. The molecule has 0 bridgehead atoms. The van der Waals surface area contributed by atoms with Crippen LogP contribution in [0.3, 0.4) is 0 Å². The molecule has 2 aromatic rings. The number of amidine groups is 1. The number of aromatic nitrogens is 1. The quantitative estimate of drug-likeness (QED) is 0.517. The molecule has 1 atom stereocenters. The molecule has 2 saturated heterocycles. The van der Waals surface area contributed by atoms with Crippen molar-refractivity contribution in [2.45, 2.75) is 44.6 Å². The van der Waals surface area contributed by atoms with Gasteiger partial charge in [-0.2, -0.15) is 13.2 Å². The first-order chi connectivity index (χ1) is 20.7. The molecule has 1 aromatic heterocycles. The highest BCUT2D eigenvalue weighted by molar-refractivity contribution is 6.38. The van der Waals surface area contributed by atoms with Crippen LogP contribution in [-0.4, -0.2) is 83.8 Å². The van der Waals surface area contributed by atoms with Crippen LogP contribution >= 0.6 is 0 Å². The molecule has 1 aliphatic carbocycles.